The molecule has 0 bridgehead atoms. The minimum atomic E-state index is -0.104. The summed E-state index contributed by atoms with van der Waals surface area (Å²) >= 11 is 0. The summed E-state index contributed by atoms with van der Waals surface area (Å²) < 4.78 is 5.59. The van der Waals surface area contributed by atoms with E-state index in [-0.39, 0.29) is 6.23 Å². The van der Waals surface area contributed by atoms with Gasteiger partial charge in [-0.3, -0.25) is 4.48 Å². The number of rotatable bonds is 10. The second-order valence-corrected chi connectivity index (χ2v) is 5.07. The number of quaternary nitrogens is 1. The third-order valence-electron chi connectivity index (χ3n) is 3.29. The first-order valence-corrected chi connectivity index (χ1v) is 6.40. The number of hydrogen-bond acceptors (Lipinski definition) is 2. The van der Waals surface area contributed by atoms with Crippen molar-refractivity contribution in [3.8, 4) is 0 Å². The molecule has 0 saturated carbocycles. The molecular weight excluding hydrogens is 202 g/mol. The van der Waals surface area contributed by atoms with Gasteiger partial charge in [0.2, 0.25) is 6.23 Å². The zero-order valence-corrected chi connectivity index (χ0v) is 11.3. The second-order valence-electron chi connectivity index (χ2n) is 5.07. The van der Waals surface area contributed by atoms with Crippen molar-refractivity contribution in [3.63, 3.8) is 0 Å². The molecule has 0 aliphatic heterocycles. The van der Waals surface area contributed by atoms with Gasteiger partial charge in [0.05, 0.1) is 20.6 Å². The molecule has 0 amide bonds. The highest BCUT2D eigenvalue weighted by Crippen LogP contribution is 2.11. The lowest BCUT2D eigenvalue weighted by molar-refractivity contribution is -0.932. The maximum atomic E-state index is 10.2. The highest BCUT2D eigenvalue weighted by atomic mass is 16.5. The van der Waals surface area contributed by atoms with Crippen LogP contribution in [0.3, 0.4) is 0 Å². The van der Waals surface area contributed by atoms with Crippen molar-refractivity contribution in [3.05, 3.63) is 0 Å². The van der Waals surface area contributed by atoms with Crippen LogP contribution < -0.4 is 0 Å². The van der Waals surface area contributed by atoms with E-state index in [1.54, 1.807) is 0 Å². The first kappa shape index (κ1) is 15.4. The second kappa shape index (κ2) is 8.57. The minimum absolute atomic E-state index is 0.104. The Hall–Kier alpha value is -0.570. The molecule has 0 aliphatic carbocycles. The van der Waals surface area contributed by atoms with Gasteiger partial charge in [-0.2, -0.15) is 0 Å². The zero-order chi connectivity index (χ0) is 12.4. The summed E-state index contributed by atoms with van der Waals surface area (Å²) in [5.74, 6) is 0. The van der Waals surface area contributed by atoms with Crippen molar-refractivity contribution in [2.24, 2.45) is 0 Å². The van der Waals surface area contributed by atoms with E-state index in [1.165, 1.54) is 45.0 Å². The molecule has 0 aliphatic rings. The molecule has 0 N–H and O–H groups in total. The van der Waals surface area contributed by atoms with E-state index in [4.69, 9.17) is 4.74 Å². The maximum absolute atomic E-state index is 10.2. The van der Waals surface area contributed by atoms with Crippen LogP contribution in [-0.2, 0) is 9.53 Å². The molecule has 3 heteroatoms. The Kier molecular flexibility index (Phi) is 8.26. The molecule has 95 valence electrons. The fraction of sp³-hybridized carbons (Fsp3) is 0.923. The third kappa shape index (κ3) is 6.83. The van der Waals surface area contributed by atoms with Gasteiger partial charge in [-0.05, 0) is 12.8 Å². The molecular formula is C13H27NO2+. The van der Waals surface area contributed by atoms with E-state index in [2.05, 4.69) is 21.0 Å². The summed E-state index contributed by atoms with van der Waals surface area (Å²) in [5, 5.41) is 0. The normalized spacial score (nSPS) is 13.5. The number of carbonyl (C=O) groups excluding carboxylic acids is 1. The van der Waals surface area contributed by atoms with Crippen LogP contribution in [0.25, 0.3) is 0 Å². The molecule has 0 spiro atoms. The Morgan fingerprint density at radius 3 is 2.25 bits per heavy atom. The number of hydrogen-bond donors (Lipinski definition) is 0. The van der Waals surface area contributed by atoms with Crippen LogP contribution >= 0.6 is 0 Å². The Morgan fingerprint density at radius 1 is 1.12 bits per heavy atom. The first-order valence-electron chi connectivity index (χ1n) is 6.40. The minimum Gasteiger partial charge on any atom is -0.404 e. The van der Waals surface area contributed by atoms with Crippen LogP contribution in [0.15, 0.2) is 0 Å². The van der Waals surface area contributed by atoms with Gasteiger partial charge < -0.3 is 4.74 Å². The third-order valence-corrected chi connectivity index (χ3v) is 3.29. The smallest absolute Gasteiger partial charge is 0.404 e. The molecule has 0 aromatic heterocycles. The highest BCUT2D eigenvalue weighted by Gasteiger charge is 2.24. The van der Waals surface area contributed by atoms with Crippen LogP contribution in [-0.4, -0.2) is 37.8 Å². The Bertz CT molecular complexity index is 181. The summed E-state index contributed by atoms with van der Waals surface area (Å²) in [6.45, 7) is 6.73. The van der Waals surface area contributed by atoms with Gasteiger partial charge in [0.25, 0.3) is 0 Å². The van der Waals surface area contributed by atoms with Crippen molar-refractivity contribution in [2.75, 3.05) is 20.6 Å². The van der Waals surface area contributed by atoms with E-state index in [1.807, 2.05) is 6.92 Å². The van der Waals surface area contributed by atoms with Gasteiger partial charge in [0, 0.05) is 6.92 Å². The van der Waals surface area contributed by atoms with Crippen molar-refractivity contribution in [2.45, 2.75) is 58.6 Å². The lowest BCUT2D eigenvalue weighted by atomic mass is 10.1. The average molecular weight is 229 g/mol. The molecule has 1 atom stereocenters. The number of nitrogens with zero attached hydrogens (tertiary/aromatic N) is 1. The quantitative estimate of drug-likeness (QED) is 0.327. The van der Waals surface area contributed by atoms with E-state index in [0.29, 0.717) is 0 Å². The van der Waals surface area contributed by atoms with Crippen molar-refractivity contribution < 1.29 is 14.0 Å². The largest absolute Gasteiger partial charge is 0.422 e. The van der Waals surface area contributed by atoms with Crippen molar-refractivity contribution in [1.29, 1.82) is 0 Å². The SMILES string of the molecule is CCCCCCCC[N+](C)(C)C(C)O[C]=O. The highest BCUT2D eigenvalue weighted by molar-refractivity contribution is 5.38. The number of ether oxygens (including phenoxy) is 1. The molecule has 3 nitrogen and oxygen atoms in total. The summed E-state index contributed by atoms with van der Waals surface area (Å²) in [6, 6.07) is 0. The van der Waals surface area contributed by atoms with E-state index in [0.717, 1.165) is 11.0 Å². The van der Waals surface area contributed by atoms with Gasteiger partial charge in [-0.1, -0.05) is 32.6 Å². The van der Waals surface area contributed by atoms with Gasteiger partial charge in [-0.25, -0.2) is 4.79 Å². The molecule has 1 radical (unpaired) electrons. The molecule has 0 aromatic carbocycles. The molecule has 0 aromatic rings. The van der Waals surface area contributed by atoms with Crippen LogP contribution in [0.5, 0.6) is 0 Å². The molecule has 0 rings (SSSR count). The standard InChI is InChI=1S/C13H27NO2/c1-5-6-7-8-9-10-11-14(3,4)13(2)16-12-15/h13H,5-11H2,1-4H3/q+1. The van der Waals surface area contributed by atoms with E-state index >= 15 is 0 Å². The first-order chi connectivity index (χ1) is 7.54. The summed E-state index contributed by atoms with van der Waals surface area (Å²) in [4.78, 5) is 10.2. The fourth-order valence-electron chi connectivity index (χ4n) is 1.69. The Labute approximate surface area is 100 Å². The molecule has 0 fully saturated rings. The molecule has 1 unspecified atom stereocenters. The van der Waals surface area contributed by atoms with Gasteiger partial charge >= 0.3 is 6.47 Å². The monoisotopic (exact) mass is 229 g/mol. The zero-order valence-electron chi connectivity index (χ0n) is 11.3. The predicted molar refractivity (Wildman–Crippen MR) is 66.6 cm³/mol. The molecule has 0 heterocycles. The Balaban J connectivity index is 3.60. The lowest BCUT2D eigenvalue weighted by Crippen LogP contribution is -2.49. The van der Waals surface area contributed by atoms with Crippen LogP contribution in [0, 0.1) is 0 Å². The molecule has 0 saturated heterocycles. The predicted octanol–water partition coefficient (Wildman–Crippen LogP) is 2.85. The summed E-state index contributed by atoms with van der Waals surface area (Å²) in [7, 11) is 4.18. The number of unbranched alkanes of at least 4 members (excludes halogenated alkanes) is 5. The van der Waals surface area contributed by atoms with Crippen molar-refractivity contribution >= 4 is 6.47 Å². The summed E-state index contributed by atoms with van der Waals surface area (Å²) in [6.07, 6.45) is 7.68. The topological polar surface area (TPSA) is 26.3 Å². The molecule has 16 heavy (non-hydrogen) atoms. The lowest BCUT2D eigenvalue weighted by Gasteiger charge is -2.33. The van der Waals surface area contributed by atoms with E-state index < -0.39 is 0 Å². The van der Waals surface area contributed by atoms with E-state index in [9.17, 15) is 4.79 Å². The average Bonchev–Trinajstić information content (AvgIpc) is 2.23. The van der Waals surface area contributed by atoms with Gasteiger partial charge in [0.1, 0.15) is 0 Å². The fourth-order valence-corrected chi connectivity index (χ4v) is 1.69. The summed E-state index contributed by atoms with van der Waals surface area (Å²) in [5.41, 5.74) is 0. The van der Waals surface area contributed by atoms with Gasteiger partial charge in [-0.15, -0.1) is 0 Å². The van der Waals surface area contributed by atoms with Gasteiger partial charge in [0.15, 0.2) is 0 Å². The van der Waals surface area contributed by atoms with Crippen molar-refractivity contribution in [1.82, 2.24) is 0 Å². The Morgan fingerprint density at radius 2 is 1.69 bits per heavy atom. The van der Waals surface area contributed by atoms with Crippen LogP contribution in [0.1, 0.15) is 52.4 Å². The maximum Gasteiger partial charge on any atom is 0.422 e. The van der Waals surface area contributed by atoms with Crippen LogP contribution in [0.2, 0.25) is 0 Å². The van der Waals surface area contributed by atoms with Crippen LogP contribution in [0.4, 0.5) is 0 Å².